The molecule has 0 saturated carbocycles. The van der Waals surface area contributed by atoms with Crippen LogP contribution in [-0.2, 0) is 16.2 Å². The van der Waals surface area contributed by atoms with Crippen molar-refractivity contribution in [3.05, 3.63) is 58.4 Å². The maximum atomic E-state index is 12.8. The largest absolute Gasteiger partial charge is 0.416 e. The van der Waals surface area contributed by atoms with Gasteiger partial charge in [0.25, 0.3) is 5.69 Å². The van der Waals surface area contributed by atoms with Crippen molar-refractivity contribution in [2.24, 2.45) is 0 Å². The molecule has 150 valence electrons. The molecule has 0 atom stereocenters. The number of aromatic nitrogens is 1. The number of hydrogen-bond donors (Lipinski definition) is 0. The molecular weight excluding hydrogens is 401 g/mol. The molecule has 0 spiro atoms. The number of piperazine rings is 1. The Hall–Kier alpha value is -2.73. The van der Waals surface area contributed by atoms with E-state index in [9.17, 15) is 31.7 Å². The van der Waals surface area contributed by atoms with E-state index in [4.69, 9.17) is 0 Å². The number of hydrogen-bond acceptors (Lipinski definition) is 6. The first-order valence-electron chi connectivity index (χ1n) is 8.11. The standard InChI is InChI=1S/C16H15F3N4O4S/c17-16(18,19)12-3-4-14(15(10-12)23(24)25)21-6-8-22(9-7-21)28(26,27)13-2-1-5-20-11-13/h1-5,10-11H,6-9H2. The van der Waals surface area contributed by atoms with Crippen LogP contribution in [0.15, 0.2) is 47.6 Å². The quantitative estimate of drug-likeness (QED) is 0.561. The average Bonchev–Trinajstić information content (AvgIpc) is 2.67. The van der Waals surface area contributed by atoms with E-state index in [-0.39, 0.29) is 36.8 Å². The Balaban J connectivity index is 1.81. The predicted octanol–water partition coefficient (Wildman–Crippen LogP) is 2.52. The summed E-state index contributed by atoms with van der Waals surface area (Å²) in [5, 5.41) is 11.3. The molecule has 1 aliphatic rings. The van der Waals surface area contributed by atoms with Gasteiger partial charge < -0.3 is 4.90 Å². The van der Waals surface area contributed by atoms with Crippen molar-refractivity contribution in [3.8, 4) is 0 Å². The Kier molecular flexibility index (Phi) is 5.26. The highest BCUT2D eigenvalue weighted by molar-refractivity contribution is 7.89. The van der Waals surface area contributed by atoms with Gasteiger partial charge in [-0.3, -0.25) is 15.1 Å². The zero-order chi connectivity index (χ0) is 20.5. The summed E-state index contributed by atoms with van der Waals surface area (Å²) in [7, 11) is -3.76. The minimum atomic E-state index is -4.69. The third-order valence-corrected chi connectivity index (χ3v) is 6.23. The molecule has 1 aromatic heterocycles. The normalized spacial score (nSPS) is 16.2. The van der Waals surface area contributed by atoms with Crippen molar-refractivity contribution in [2.75, 3.05) is 31.1 Å². The third-order valence-electron chi connectivity index (χ3n) is 4.35. The molecule has 0 radical (unpaired) electrons. The fraction of sp³-hybridized carbons (Fsp3) is 0.312. The lowest BCUT2D eigenvalue weighted by Crippen LogP contribution is -2.48. The van der Waals surface area contributed by atoms with E-state index in [2.05, 4.69) is 4.98 Å². The van der Waals surface area contributed by atoms with Gasteiger partial charge in [-0.15, -0.1) is 0 Å². The van der Waals surface area contributed by atoms with Crippen LogP contribution in [0.1, 0.15) is 5.56 Å². The van der Waals surface area contributed by atoms with Crippen molar-refractivity contribution in [1.82, 2.24) is 9.29 Å². The summed E-state index contributed by atoms with van der Waals surface area (Å²) in [5.74, 6) is 0. The molecule has 1 aromatic carbocycles. The van der Waals surface area contributed by atoms with E-state index in [0.29, 0.717) is 6.07 Å². The highest BCUT2D eigenvalue weighted by Gasteiger charge is 2.35. The first kappa shape index (κ1) is 20.0. The molecule has 0 aliphatic carbocycles. The molecule has 1 fully saturated rings. The number of nitrogens with zero attached hydrogens (tertiary/aromatic N) is 4. The SMILES string of the molecule is O=[N+]([O-])c1cc(C(F)(F)F)ccc1N1CCN(S(=O)(=O)c2cccnc2)CC1. The minimum Gasteiger partial charge on any atom is -0.363 e. The summed E-state index contributed by atoms with van der Waals surface area (Å²) in [5.41, 5.74) is -1.75. The van der Waals surface area contributed by atoms with E-state index < -0.39 is 32.4 Å². The van der Waals surface area contributed by atoms with Gasteiger partial charge in [-0.1, -0.05) is 0 Å². The first-order chi connectivity index (χ1) is 13.1. The molecule has 2 aromatic rings. The Morgan fingerprint density at radius 1 is 1.11 bits per heavy atom. The monoisotopic (exact) mass is 416 g/mol. The van der Waals surface area contributed by atoms with E-state index >= 15 is 0 Å². The summed E-state index contributed by atoms with van der Waals surface area (Å²) in [4.78, 5) is 15.7. The number of rotatable bonds is 4. The molecule has 28 heavy (non-hydrogen) atoms. The molecule has 2 heterocycles. The van der Waals surface area contributed by atoms with Gasteiger partial charge in [0.1, 0.15) is 10.6 Å². The molecule has 1 saturated heterocycles. The maximum absolute atomic E-state index is 12.8. The van der Waals surface area contributed by atoms with Gasteiger partial charge in [0.05, 0.1) is 10.5 Å². The molecule has 12 heteroatoms. The molecule has 0 N–H and O–H groups in total. The zero-order valence-corrected chi connectivity index (χ0v) is 15.2. The third kappa shape index (κ3) is 3.92. The van der Waals surface area contributed by atoms with Gasteiger partial charge >= 0.3 is 6.18 Å². The van der Waals surface area contributed by atoms with Crippen LogP contribution in [-0.4, -0.2) is 48.8 Å². The second kappa shape index (κ2) is 7.36. The van der Waals surface area contributed by atoms with Crippen LogP contribution in [0.2, 0.25) is 0 Å². The maximum Gasteiger partial charge on any atom is 0.416 e. The Labute approximate surface area is 158 Å². The second-order valence-corrected chi connectivity index (χ2v) is 7.98. The number of alkyl halides is 3. The van der Waals surface area contributed by atoms with Crippen LogP contribution in [0.4, 0.5) is 24.5 Å². The fourth-order valence-electron chi connectivity index (χ4n) is 2.93. The van der Waals surface area contributed by atoms with Gasteiger partial charge in [-0.2, -0.15) is 17.5 Å². The number of halogens is 3. The smallest absolute Gasteiger partial charge is 0.363 e. The summed E-state index contributed by atoms with van der Waals surface area (Å²) in [6.45, 7) is 0.280. The van der Waals surface area contributed by atoms with E-state index in [0.717, 1.165) is 12.1 Å². The Morgan fingerprint density at radius 3 is 2.32 bits per heavy atom. The lowest BCUT2D eigenvalue weighted by molar-refractivity contribution is -0.384. The summed E-state index contributed by atoms with van der Waals surface area (Å²) in [6.07, 6.45) is -2.02. The highest BCUT2D eigenvalue weighted by atomic mass is 32.2. The van der Waals surface area contributed by atoms with Crippen molar-refractivity contribution >= 4 is 21.4 Å². The molecule has 1 aliphatic heterocycles. The van der Waals surface area contributed by atoms with E-state index in [1.165, 1.54) is 33.7 Å². The van der Waals surface area contributed by atoms with Crippen LogP contribution >= 0.6 is 0 Å². The number of pyridine rings is 1. The highest BCUT2D eigenvalue weighted by Crippen LogP contribution is 2.37. The summed E-state index contributed by atoms with van der Waals surface area (Å²) >= 11 is 0. The van der Waals surface area contributed by atoms with Gasteiger partial charge in [-0.25, -0.2) is 8.42 Å². The number of nitro groups is 1. The van der Waals surface area contributed by atoms with E-state index in [1.807, 2.05) is 0 Å². The lowest BCUT2D eigenvalue weighted by Gasteiger charge is -2.35. The number of anilines is 1. The van der Waals surface area contributed by atoms with Crippen molar-refractivity contribution in [3.63, 3.8) is 0 Å². The average molecular weight is 416 g/mol. The molecule has 0 amide bonds. The molecule has 0 bridgehead atoms. The van der Waals surface area contributed by atoms with Crippen LogP contribution in [0, 0.1) is 10.1 Å². The molecule has 8 nitrogen and oxygen atoms in total. The second-order valence-electron chi connectivity index (χ2n) is 6.04. The van der Waals surface area contributed by atoms with Crippen molar-refractivity contribution in [2.45, 2.75) is 11.1 Å². The summed E-state index contributed by atoms with van der Waals surface area (Å²) in [6, 6.07) is 5.23. The van der Waals surface area contributed by atoms with Gasteiger partial charge in [0.15, 0.2) is 0 Å². The molecular formula is C16H15F3N4O4S. The summed E-state index contributed by atoms with van der Waals surface area (Å²) < 4.78 is 64.9. The van der Waals surface area contributed by atoms with Crippen molar-refractivity contribution in [1.29, 1.82) is 0 Å². The fourth-order valence-corrected chi connectivity index (χ4v) is 4.32. The van der Waals surface area contributed by atoms with Crippen LogP contribution in [0.25, 0.3) is 0 Å². The van der Waals surface area contributed by atoms with Crippen LogP contribution in [0.5, 0.6) is 0 Å². The van der Waals surface area contributed by atoms with E-state index in [1.54, 1.807) is 0 Å². The lowest BCUT2D eigenvalue weighted by atomic mass is 10.1. The number of nitro benzene ring substituents is 1. The van der Waals surface area contributed by atoms with Gasteiger partial charge in [0.2, 0.25) is 10.0 Å². The van der Waals surface area contributed by atoms with Crippen LogP contribution < -0.4 is 4.90 Å². The minimum absolute atomic E-state index is 0.0245. The Bertz CT molecular complexity index is 975. The van der Waals surface area contributed by atoms with Gasteiger partial charge in [0, 0.05) is 44.6 Å². The first-order valence-corrected chi connectivity index (χ1v) is 9.55. The Morgan fingerprint density at radius 2 is 1.79 bits per heavy atom. The topological polar surface area (TPSA) is 96.6 Å². The molecule has 3 rings (SSSR count). The van der Waals surface area contributed by atoms with Crippen molar-refractivity contribution < 1.29 is 26.5 Å². The molecule has 0 unspecified atom stereocenters. The predicted molar refractivity (Wildman–Crippen MR) is 93.3 cm³/mol. The zero-order valence-electron chi connectivity index (χ0n) is 14.3. The number of sulfonamides is 1. The van der Waals surface area contributed by atoms with Crippen LogP contribution in [0.3, 0.4) is 0 Å². The number of benzene rings is 1. The van der Waals surface area contributed by atoms with Gasteiger partial charge in [-0.05, 0) is 24.3 Å².